The number of aromatic amines is 1. The molecule has 0 saturated heterocycles. The maximum Gasteiger partial charge on any atom is 0.238 e. The lowest BCUT2D eigenvalue weighted by atomic mass is 9.96. The third kappa shape index (κ3) is 1.80. The number of H-pyrrole nitrogens is 1. The van der Waals surface area contributed by atoms with Gasteiger partial charge < -0.3 is 10.3 Å². The van der Waals surface area contributed by atoms with Crippen molar-refractivity contribution in [1.82, 2.24) is 4.98 Å². The molecule has 0 aliphatic carbocycles. The van der Waals surface area contributed by atoms with E-state index in [4.69, 9.17) is 0 Å². The van der Waals surface area contributed by atoms with Gasteiger partial charge in [0.1, 0.15) is 11.6 Å². The summed E-state index contributed by atoms with van der Waals surface area (Å²) < 4.78 is 0.879. The van der Waals surface area contributed by atoms with E-state index in [1.165, 1.54) is 0 Å². The van der Waals surface area contributed by atoms with Crippen LogP contribution in [0.5, 0.6) is 0 Å². The molecule has 6 heteroatoms. The number of carbonyl (C=O) groups excluding carboxylic acids is 1. The van der Waals surface area contributed by atoms with E-state index in [0.717, 1.165) is 26.6 Å². The minimum absolute atomic E-state index is 0.162. The Morgan fingerprint density at radius 1 is 1.14 bits per heavy atom. The van der Waals surface area contributed by atoms with Gasteiger partial charge in [-0.2, -0.15) is 0 Å². The third-order valence-corrected chi connectivity index (χ3v) is 4.42. The summed E-state index contributed by atoms with van der Waals surface area (Å²) >= 11 is 3.42. The van der Waals surface area contributed by atoms with Gasteiger partial charge in [0, 0.05) is 21.1 Å². The molecule has 0 saturated carbocycles. The molecule has 4 rings (SSSR count). The van der Waals surface area contributed by atoms with Crippen LogP contribution in [0.4, 0.5) is 11.4 Å². The summed E-state index contributed by atoms with van der Waals surface area (Å²) in [7, 11) is 0. The van der Waals surface area contributed by atoms with Gasteiger partial charge in [0.15, 0.2) is 0 Å². The van der Waals surface area contributed by atoms with E-state index in [1.54, 1.807) is 0 Å². The second-order valence-electron chi connectivity index (χ2n) is 5.18. The van der Waals surface area contributed by atoms with Crippen molar-refractivity contribution in [3.63, 3.8) is 0 Å². The molecule has 0 radical (unpaired) electrons. The Labute approximate surface area is 133 Å². The standard InChI is InChI=1S/C16H10BrN3O2/c17-8-5-6-12-10(7-8)13(16(21)19-12)15-14(20-22)9-3-1-2-4-11(9)18-15/h1-7,13,18H,(H,19,21). The number of hydrogen-bond acceptors (Lipinski definition) is 3. The van der Waals surface area contributed by atoms with Crippen LogP contribution >= 0.6 is 15.9 Å². The highest BCUT2D eigenvalue weighted by atomic mass is 79.9. The largest absolute Gasteiger partial charge is 0.356 e. The minimum Gasteiger partial charge on any atom is -0.356 e. The van der Waals surface area contributed by atoms with Gasteiger partial charge in [-0.05, 0) is 35.0 Å². The number of rotatable bonds is 2. The number of halogens is 1. The van der Waals surface area contributed by atoms with Gasteiger partial charge in [-0.3, -0.25) is 4.79 Å². The molecule has 1 aliphatic rings. The predicted molar refractivity (Wildman–Crippen MR) is 88.4 cm³/mol. The Bertz CT molecular complexity index is 932. The van der Waals surface area contributed by atoms with E-state index < -0.39 is 5.92 Å². The Balaban J connectivity index is 1.98. The van der Waals surface area contributed by atoms with Crippen molar-refractivity contribution < 1.29 is 4.79 Å². The first kappa shape index (κ1) is 13.2. The fourth-order valence-corrected chi connectivity index (χ4v) is 3.35. The Hall–Kier alpha value is -2.47. The molecule has 22 heavy (non-hydrogen) atoms. The summed E-state index contributed by atoms with van der Waals surface area (Å²) in [5.74, 6) is -0.725. The molecule has 0 fully saturated rings. The van der Waals surface area contributed by atoms with Crippen molar-refractivity contribution in [2.75, 3.05) is 5.32 Å². The quantitative estimate of drug-likeness (QED) is 0.668. The number of aromatic nitrogens is 1. The summed E-state index contributed by atoms with van der Waals surface area (Å²) in [6.07, 6.45) is 0. The van der Waals surface area contributed by atoms with E-state index >= 15 is 0 Å². The van der Waals surface area contributed by atoms with Crippen LogP contribution < -0.4 is 5.32 Å². The molecule has 3 aromatic rings. The van der Waals surface area contributed by atoms with E-state index in [2.05, 4.69) is 31.4 Å². The highest BCUT2D eigenvalue weighted by molar-refractivity contribution is 9.10. The van der Waals surface area contributed by atoms with Crippen LogP contribution in [0.1, 0.15) is 17.2 Å². The van der Waals surface area contributed by atoms with Crippen LogP contribution in [0.25, 0.3) is 10.9 Å². The monoisotopic (exact) mass is 355 g/mol. The van der Waals surface area contributed by atoms with Crippen LogP contribution in [0.3, 0.4) is 0 Å². The number of nitrogens with one attached hydrogen (secondary N) is 2. The average molecular weight is 356 g/mol. The van der Waals surface area contributed by atoms with E-state index in [9.17, 15) is 9.70 Å². The lowest BCUT2D eigenvalue weighted by molar-refractivity contribution is -0.116. The van der Waals surface area contributed by atoms with E-state index in [0.29, 0.717) is 11.4 Å². The minimum atomic E-state index is -0.562. The second-order valence-corrected chi connectivity index (χ2v) is 6.09. The van der Waals surface area contributed by atoms with Crippen molar-refractivity contribution in [3.05, 3.63) is 63.1 Å². The van der Waals surface area contributed by atoms with Gasteiger partial charge in [-0.1, -0.05) is 34.1 Å². The molecule has 1 amide bonds. The Morgan fingerprint density at radius 3 is 2.77 bits per heavy atom. The Kier molecular flexibility index (Phi) is 2.87. The number of para-hydroxylation sites is 1. The molecule has 1 unspecified atom stereocenters. The zero-order chi connectivity index (χ0) is 15.3. The first-order chi connectivity index (χ1) is 10.7. The topological polar surface area (TPSA) is 74.3 Å². The summed E-state index contributed by atoms with van der Waals surface area (Å²) in [5.41, 5.74) is 3.21. The lowest BCUT2D eigenvalue weighted by Gasteiger charge is -2.07. The van der Waals surface area contributed by atoms with Gasteiger partial charge in [-0.25, -0.2) is 0 Å². The number of nitroso groups, excluding NO2 is 1. The van der Waals surface area contributed by atoms with Gasteiger partial charge in [0.05, 0.1) is 5.69 Å². The number of hydrogen-bond donors (Lipinski definition) is 2. The van der Waals surface area contributed by atoms with Crippen LogP contribution in [-0.2, 0) is 4.79 Å². The van der Waals surface area contributed by atoms with Gasteiger partial charge in [0.25, 0.3) is 0 Å². The molecule has 1 atom stereocenters. The SMILES string of the molecule is O=Nc1c(C2C(=O)Nc3ccc(Br)cc32)[nH]c2ccccc12. The normalized spacial score (nSPS) is 16.6. The molecule has 2 aromatic carbocycles. The smallest absolute Gasteiger partial charge is 0.238 e. The number of anilines is 1. The molecule has 108 valence electrons. The lowest BCUT2D eigenvalue weighted by Crippen LogP contribution is -2.13. The van der Waals surface area contributed by atoms with Crippen molar-refractivity contribution in [2.45, 2.75) is 5.92 Å². The highest BCUT2D eigenvalue weighted by Gasteiger charge is 2.35. The van der Waals surface area contributed by atoms with Crippen molar-refractivity contribution in [1.29, 1.82) is 0 Å². The maximum absolute atomic E-state index is 12.4. The fraction of sp³-hybridized carbons (Fsp3) is 0.0625. The molecular formula is C16H10BrN3O2. The first-order valence-electron chi connectivity index (χ1n) is 6.73. The summed E-state index contributed by atoms with van der Waals surface area (Å²) in [6, 6.07) is 13.0. The van der Waals surface area contributed by atoms with Gasteiger partial charge in [0.2, 0.25) is 5.91 Å². The number of carbonyl (C=O) groups is 1. The maximum atomic E-state index is 12.4. The molecular weight excluding hydrogens is 346 g/mol. The molecule has 0 spiro atoms. The predicted octanol–water partition coefficient (Wildman–Crippen LogP) is 4.41. The fourth-order valence-electron chi connectivity index (χ4n) is 2.97. The van der Waals surface area contributed by atoms with Gasteiger partial charge in [-0.15, -0.1) is 4.91 Å². The van der Waals surface area contributed by atoms with Crippen molar-refractivity contribution in [3.8, 4) is 0 Å². The third-order valence-electron chi connectivity index (χ3n) is 3.93. The molecule has 1 aliphatic heterocycles. The molecule has 2 heterocycles. The number of fused-ring (bicyclic) bond motifs is 2. The number of nitrogens with zero attached hydrogens (tertiary/aromatic N) is 1. The average Bonchev–Trinajstić information content (AvgIpc) is 3.03. The van der Waals surface area contributed by atoms with E-state index in [1.807, 2.05) is 42.5 Å². The molecule has 5 nitrogen and oxygen atoms in total. The van der Waals surface area contributed by atoms with Crippen LogP contribution in [0, 0.1) is 4.91 Å². The van der Waals surface area contributed by atoms with Crippen LogP contribution in [0.2, 0.25) is 0 Å². The van der Waals surface area contributed by atoms with Crippen molar-refractivity contribution >= 4 is 44.1 Å². The first-order valence-corrected chi connectivity index (χ1v) is 7.52. The summed E-state index contributed by atoms with van der Waals surface area (Å²) in [4.78, 5) is 26.9. The second kappa shape index (κ2) is 4.78. The van der Waals surface area contributed by atoms with Crippen LogP contribution in [0.15, 0.2) is 52.1 Å². The van der Waals surface area contributed by atoms with Crippen LogP contribution in [-0.4, -0.2) is 10.9 Å². The summed E-state index contributed by atoms with van der Waals surface area (Å²) in [5, 5.41) is 6.73. The molecule has 0 bridgehead atoms. The molecule has 1 aromatic heterocycles. The molecule has 2 N–H and O–H groups in total. The van der Waals surface area contributed by atoms with Gasteiger partial charge >= 0.3 is 0 Å². The van der Waals surface area contributed by atoms with Crippen molar-refractivity contribution in [2.24, 2.45) is 5.18 Å². The zero-order valence-corrected chi connectivity index (χ0v) is 12.8. The zero-order valence-electron chi connectivity index (χ0n) is 11.3. The van der Waals surface area contributed by atoms with E-state index in [-0.39, 0.29) is 5.91 Å². The number of amides is 1. The highest BCUT2D eigenvalue weighted by Crippen LogP contribution is 2.43. The summed E-state index contributed by atoms with van der Waals surface area (Å²) in [6.45, 7) is 0. The Morgan fingerprint density at radius 2 is 1.95 bits per heavy atom. The number of benzene rings is 2.